The molecule has 1 heterocycles. The topological polar surface area (TPSA) is 66.7 Å². The van der Waals surface area contributed by atoms with E-state index in [1.54, 1.807) is 0 Å². The van der Waals surface area contributed by atoms with Crippen molar-refractivity contribution in [2.24, 2.45) is 5.84 Å². The average Bonchev–Trinajstić information content (AvgIpc) is 2.71. The zero-order valence-electron chi connectivity index (χ0n) is 10.4. The Hall–Kier alpha value is -1.81. The number of aryl methyl sites for hydroxylation is 1. The van der Waals surface area contributed by atoms with Crippen molar-refractivity contribution < 1.29 is 0 Å². The SMILES string of the molecule is Cc1[nH]c(NN)nc1-c1ccc(C(C)C)cc1. The molecule has 1 aromatic heterocycles. The number of hydrogen-bond donors (Lipinski definition) is 3. The molecule has 2 aromatic rings. The summed E-state index contributed by atoms with van der Waals surface area (Å²) in [5.74, 6) is 6.47. The molecule has 1 aromatic carbocycles. The lowest BCUT2D eigenvalue weighted by Crippen LogP contribution is -2.07. The Morgan fingerprint density at radius 3 is 2.35 bits per heavy atom. The highest BCUT2D eigenvalue weighted by Gasteiger charge is 2.08. The van der Waals surface area contributed by atoms with E-state index >= 15 is 0 Å². The third-order valence-electron chi connectivity index (χ3n) is 2.87. The number of nitrogens with zero attached hydrogens (tertiary/aromatic N) is 1. The maximum Gasteiger partial charge on any atom is 0.215 e. The van der Waals surface area contributed by atoms with E-state index in [2.05, 4.69) is 53.5 Å². The van der Waals surface area contributed by atoms with Crippen molar-refractivity contribution >= 4 is 5.95 Å². The minimum Gasteiger partial charge on any atom is -0.327 e. The Balaban J connectivity index is 2.36. The van der Waals surface area contributed by atoms with Gasteiger partial charge in [-0.2, -0.15) is 0 Å². The van der Waals surface area contributed by atoms with Crippen LogP contribution in [0.25, 0.3) is 11.3 Å². The quantitative estimate of drug-likeness (QED) is 0.561. The number of imidazole rings is 1. The van der Waals surface area contributed by atoms with Crippen molar-refractivity contribution in [2.75, 3.05) is 5.43 Å². The van der Waals surface area contributed by atoms with E-state index in [1.165, 1.54) is 5.56 Å². The second-order valence-electron chi connectivity index (χ2n) is 4.48. The van der Waals surface area contributed by atoms with Gasteiger partial charge in [-0.25, -0.2) is 10.8 Å². The smallest absolute Gasteiger partial charge is 0.215 e. The number of aromatic nitrogens is 2. The van der Waals surface area contributed by atoms with Crippen LogP contribution in [0.5, 0.6) is 0 Å². The summed E-state index contributed by atoms with van der Waals surface area (Å²) < 4.78 is 0. The van der Waals surface area contributed by atoms with Crippen molar-refractivity contribution in [3.63, 3.8) is 0 Å². The lowest BCUT2D eigenvalue weighted by Gasteiger charge is -2.05. The molecule has 4 nitrogen and oxygen atoms in total. The van der Waals surface area contributed by atoms with Crippen molar-refractivity contribution in [2.45, 2.75) is 26.7 Å². The molecule has 0 saturated heterocycles. The number of nitrogens with two attached hydrogens (primary N) is 1. The van der Waals surface area contributed by atoms with E-state index in [-0.39, 0.29) is 0 Å². The fourth-order valence-electron chi connectivity index (χ4n) is 1.84. The molecule has 0 saturated carbocycles. The summed E-state index contributed by atoms with van der Waals surface area (Å²) in [6.07, 6.45) is 0. The van der Waals surface area contributed by atoms with Crippen LogP contribution in [0.4, 0.5) is 5.95 Å². The van der Waals surface area contributed by atoms with Gasteiger partial charge in [0.15, 0.2) is 0 Å². The van der Waals surface area contributed by atoms with Crippen molar-refractivity contribution in [1.82, 2.24) is 9.97 Å². The van der Waals surface area contributed by atoms with Crippen LogP contribution in [0.15, 0.2) is 24.3 Å². The number of nitrogen functional groups attached to an aromatic ring is 1. The molecule has 0 unspecified atom stereocenters. The fraction of sp³-hybridized carbons (Fsp3) is 0.308. The molecule has 17 heavy (non-hydrogen) atoms. The average molecular weight is 230 g/mol. The minimum atomic E-state index is 0.547. The number of benzene rings is 1. The number of hydrazine groups is 1. The molecular formula is C13H18N4. The number of anilines is 1. The Morgan fingerprint density at radius 2 is 1.88 bits per heavy atom. The van der Waals surface area contributed by atoms with E-state index in [4.69, 9.17) is 5.84 Å². The molecule has 0 aliphatic carbocycles. The second kappa shape index (κ2) is 4.59. The molecule has 0 aliphatic heterocycles. The molecule has 0 bridgehead atoms. The summed E-state index contributed by atoms with van der Waals surface area (Å²) in [7, 11) is 0. The van der Waals surface area contributed by atoms with E-state index < -0.39 is 0 Å². The Kier molecular flexibility index (Phi) is 3.15. The van der Waals surface area contributed by atoms with Crippen LogP contribution in [0, 0.1) is 6.92 Å². The lowest BCUT2D eigenvalue weighted by atomic mass is 10.0. The molecule has 0 aliphatic rings. The molecule has 0 amide bonds. The van der Waals surface area contributed by atoms with Gasteiger partial charge in [-0.15, -0.1) is 0 Å². The van der Waals surface area contributed by atoms with Gasteiger partial charge in [0.25, 0.3) is 0 Å². The predicted molar refractivity (Wildman–Crippen MR) is 70.7 cm³/mol. The van der Waals surface area contributed by atoms with Crippen LogP contribution in [-0.2, 0) is 0 Å². The second-order valence-corrected chi connectivity index (χ2v) is 4.48. The molecule has 0 atom stereocenters. The molecule has 2 rings (SSSR count). The van der Waals surface area contributed by atoms with E-state index in [1.807, 2.05) is 6.92 Å². The predicted octanol–water partition coefficient (Wildman–Crippen LogP) is 2.79. The van der Waals surface area contributed by atoms with Crippen molar-refractivity contribution in [3.05, 3.63) is 35.5 Å². The van der Waals surface area contributed by atoms with Crippen molar-refractivity contribution in [1.29, 1.82) is 0 Å². The van der Waals surface area contributed by atoms with Crippen molar-refractivity contribution in [3.8, 4) is 11.3 Å². The minimum absolute atomic E-state index is 0.547. The van der Waals surface area contributed by atoms with Crippen LogP contribution < -0.4 is 11.3 Å². The van der Waals surface area contributed by atoms with Crippen LogP contribution in [0.3, 0.4) is 0 Å². The van der Waals surface area contributed by atoms with Gasteiger partial charge in [0.1, 0.15) is 0 Å². The number of nitrogens with one attached hydrogen (secondary N) is 2. The van der Waals surface area contributed by atoms with Gasteiger partial charge >= 0.3 is 0 Å². The highest BCUT2D eigenvalue weighted by atomic mass is 15.3. The summed E-state index contributed by atoms with van der Waals surface area (Å²) in [5.41, 5.74) is 6.90. The maximum absolute atomic E-state index is 5.33. The van der Waals surface area contributed by atoms with Crippen LogP contribution in [0.2, 0.25) is 0 Å². The van der Waals surface area contributed by atoms with E-state index in [9.17, 15) is 0 Å². The van der Waals surface area contributed by atoms with E-state index in [0.29, 0.717) is 11.9 Å². The van der Waals surface area contributed by atoms with Crippen LogP contribution in [0.1, 0.15) is 31.0 Å². The Bertz CT molecular complexity index is 497. The summed E-state index contributed by atoms with van der Waals surface area (Å²) in [6.45, 7) is 6.36. The Morgan fingerprint density at radius 1 is 1.24 bits per heavy atom. The maximum atomic E-state index is 5.33. The zero-order valence-corrected chi connectivity index (χ0v) is 10.4. The zero-order chi connectivity index (χ0) is 12.4. The van der Waals surface area contributed by atoms with E-state index in [0.717, 1.165) is 17.0 Å². The van der Waals surface area contributed by atoms with Gasteiger partial charge in [-0.1, -0.05) is 38.1 Å². The summed E-state index contributed by atoms with van der Waals surface area (Å²) >= 11 is 0. The first-order chi connectivity index (χ1) is 8.11. The largest absolute Gasteiger partial charge is 0.327 e. The monoisotopic (exact) mass is 230 g/mol. The van der Waals surface area contributed by atoms with Crippen LogP contribution in [-0.4, -0.2) is 9.97 Å². The first-order valence-corrected chi connectivity index (χ1v) is 5.75. The number of rotatable bonds is 3. The third-order valence-corrected chi connectivity index (χ3v) is 2.87. The van der Waals surface area contributed by atoms with Gasteiger partial charge < -0.3 is 4.98 Å². The van der Waals surface area contributed by atoms with Gasteiger partial charge in [0, 0.05) is 11.3 Å². The van der Waals surface area contributed by atoms with Gasteiger partial charge in [0.05, 0.1) is 5.69 Å². The molecule has 0 fully saturated rings. The normalized spacial score (nSPS) is 10.9. The summed E-state index contributed by atoms with van der Waals surface area (Å²) in [4.78, 5) is 7.46. The highest BCUT2D eigenvalue weighted by molar-refractivity contribution is 5.64. The third kappa shape index (κ3) is 2.31. The molecule has 4 N–H and O–H groups in total. The number of aromatic amines is 1. The van der Waals surface area contributed by atoms with Crippen LogP contribution >= 0.6 is 0 Å². The lowest BCUT2D eigenvalue weighted by molar-refractivity contribution is 0.867. The Labute approximate surface area is 101 Å². The molecule has 0 spiro atoms. The van der Waals surface area contributed by atoms with Gasteiger partial charge in [-0.3, -0.25) is 5.43 Å². The van der Waals surface area contributed by atoms with Gasteiger partial charge in [0.2, 0.25) is 5.95 Å². The number of H-pyrrole nitrogens is 1. The molecule has 4 heteroatoms. The summed E-state index contributed by atoms with van der Waals surface area (Å²) in [6, 6.07) is 8.48. The molecule has 0 radical (unpaired) electrons. The fourth-order valence-corrected chi connectivity index (χ4v) is 1.84. The van der Waals surface area contributed by atoms with Gasteiger partial charge in [-0.05, 0) is 18.4 Å². The molecular weight excluding hydrogens is 212 g/mol. The standard InChI is InChI=1S/C13H18N4/c1-8(2)10-4-6-11(7-5-10)12-9(3)15-13(16-12)17-14/h4-8H,14H2,1-3H3,(H2,15,16,17). The number of hydrogen-bond acceptors (Lipinski definition) is 3. The molecule has 90 valence electrons. The first-order valence-electron chi connectivity index (χ1n) is 5.75. The summed E-state index contributed by atoms with van der Waals surface area (Å²) in [5, 5.41) is 0. The first kappa shape index (κ1) is 11.7. The highest BCUT2D eigenvalue weighted by Crippen LogP contribution is 2.24.